The second-order valence-corrected chi connectivity index (χ2v) is 37.1. The molecule has 123 heavy (non-hydrogen) atoms. The molecule has 0 fully saturated rings. The van der Waals surface area contributed by atoms with Crippen LogP contribution in [0.1, 0.15) is 266 Å². The van der Waals surface area contributed by atoms with E-state index in [0.717, 1.165) is 112 Å². The lowest BCUT2D eigenvalue weighted by molar-refractivity contribution is -0.133. The van der Waals surface area contributed by atoms with Crippen molar-refractivity contribution in [3.8, 4) is 0 Å². The van der Waals surface area contributed by atoms with E-state index >= 15 is 0 Å². The van der Waals surface area contributed by atoms with Crippen molar-refractivity contribution >= 4 is 74.8 Å². The second kappa shape index (κ2) is 44.0. The first-order valence-electron chi connectivity index (χ1n) is 45.0. The van der Waals surface area contributed by atoms with Gasteiger partial charge in [-0.25, -0.2) is 4.79 Å². The normalized spacial score (nSPS) is 14.0. The summed E-state index contributed by atoms with van der Waals surface area (Å²) in [6, 6.07) is 77.1. The predicted molar refractivity (Wildman–Crippen MR) is 511 cm³/mol. The highest BCUT2D eigenvalue weighted by Crippen LogP contribution is 2.47. The lowest BCUT2D eigenvalue weighted by Crippen LogP contribution is -2.39. The molecule has 0 bridgehead atoms. The molecule has 2 heterocycles. The Hall–Kier alpha value is -10.7. The number of amides is 4. The minimum absolute atomic E-state index is 0.0333. The molecule has 1 aromatic heterocycles. The number of thiophene rings is 1. The lowest BCUT2D eigenvalue weighted by atomic mass is 9.86. The first-order valence-corrected chi connectivity index (χ1v) is 46.3. The third-order valence-corrected chi connectivity index (χ3v) is 25.9. The number of benzene rings is 9. The van der Waals surface area contributed by atoms with Crippen LogP contribution in [0.5, 0.6) is 0 Å². The fraction of sp³-hybridized carbons (Fsp3) is 0.360. The minimum Gasteiger partial charge on any atom is -0.462 e. The molecule has 1 aliphatic heterocycles. The van der Waals surface area contributed by atoms with Gasteiger partial charge in [-0.1, -0.05) is 305 Å². The van der Waals surface area contributed by atoms with Gasteiger partial charge >= 0.3 is 5.97 Å². The second-order valence-electron chi connectivity index (χ2n) is 35.7. The van der Waals surface area contributed by atoms with E-state index in [1.807, 2.05) is 70.2 Å². The number of carbonyl (C=O) groups excluding carboxylic acids is 5. The van der Waals surface area contributed by atoms with Gasteiger partial charge in [-0.05, 0) is 255 Å². The number of carbonyl (C=O) groups is 5. The molecule has 0 saturated carbocycles. The van der Waals surface area contributed by atoms with Gasteiger partial charge in [0.2, 0.25) is 17.7 Å². The number of nitrogens with zero attached hydrogens (tertiary/aromatic N) is 4. The predicted octanol–water partition coefficient (Wildman–Crippen LogP) is 26.3. The van der Waals surface area contributed by atoms with Crippen molar-refractivity contribution < 1.29 is 28.7 Å². The summed E-state index contributed by atoms with van der Waals surface area (Å²) in [5.41, 5.74) is 28.8. The molecular weight excluding hydrogens is 1550 g/mol. The van der Waals surface area contributed by atoms with E-state index in [2.05, 4.69) is 255 Å². The van der Waals surface area contributed by atoms with E-state index in [-0.39, 0.29) is 40.6 Å². The number of hydrogen-bond donors (Lipinski definition) is 0. The van der Waals surface area contributed by atoms with Crippen LogP contribution in [0.15, 0.2) is 254 Å². The third kappa shape index (κ3) is 25.1. The number of ether oxygens (including phenoxy) is 1. The Morgan fingerprint density at radius 2 is 0.943 bits per heavy atom. The van der Waals surface area contributed by atoms with Crippen LogP contribution < -0.4 is 0 Å². The number of unbranched alkanes of at least 4 members (excludes halogenated alkanes) is 5. The Morgan fingerprint density at radius 3 is 1.44 bits per heavy atom. The molecule has 5 aliphatic rings. The molecule has 10 aromatic rings. The molecule has 4 aliphatic carbocycles. The van der Waals surface area contributed by atoms with Crippen LogP contribution in [-0.2, 0) is 81.7 Å². The van der Waals surface area contributed by atoms with Gasteiger partial charge in [0.15, 0.2) is 0 Å². The molecule has 15 rings (SSSR count). The fourth-order valence-electron chi connectivity index (χ4n) is 17.3. The Labute approximate surface area is 742 Å². The molecule has 0 N–H and O–H groups in total. The topological polar surface area (TPSA) is 108 Å². The van der Waals surface area contributed by atoms with E-state index in [1.165, 1.54) is 136 Å². The number of fused-ring (bicyclic) bond motifs is 5. The van der Waals surface area contributed by atoms with Crippen LogP contribution in [0.4, 0.5) is 0 Å². The zero-order chi connectivity index (χ0) is 87.0. The number of esters is 1. The third-order valence-electron chi connectivity index (χ3n) is 24.6. The maximum absolute atomic E-state index is 13.5. The lowest BCUT2D eigenvalue weighted by Gasteiger charge is -2.38. The Bertz CT molecular complexity index is 5360. The van der Waals surface area contributed by atoms with E-state index < -0.39 is 0 Å². The monoisotopic (exact) mass is 1680 g/mol. The molecule has 640 valence electrons. The average Bonchev–Trinajstić information content (AvgIpc) is 1.62. The molecule has 0 spiro atoms. The number of aryl methyl sites for hydroxylation is 2. The highest BCUT2D eigenvalue weighted by Gasteiger charge is 2.38. The van der Waals surface area contributed by atoms with Gasteiger partial charge in [0, 0.05) is 67.6 Å². The van der Waals surface area contributed by atoms with E-state index in [4.69, 9.17) is 16.3 Å². The quantitative estimate of drug-likeness (QED) is 0.0328. The van der Waals surface area contributed by atoms with Crippen LogP contribution in [0.2, 0.25) is 5.02 Å². The van der Waals surface area contributed by atoms with Gasteiger partial charge in [-0.15, -0.1) is 11.3 Å². The largest absolute Gasteiger partial charge is 0.462 e. The molecule has 1 atom stereocenters. The summed E-state index contributed by atoms with van der Waals surface area (Å²) >= 11 is 7.89. The van der Waals surface area contributed by atoms with Crippen molar-refractivity contribution in [2.24, 2.45) is 0 Å². The van der Waals surface area contributed by atoms with Gasteiger partial charge in [-0.3, -0.25) is 19.2 Å². The highest BCUT2D eigenvalue weighted by molar-refractivity contribution is 7.10. The first-order chi connectivity index (χ1) is 59.4. The van der Waals surface area contributed by atoms with E-state index in [1.54, 1.807) is 30.4 Å². The molecule has 10 nitrogen and oxygen atoms in total. The van der Waals surface area contributed by atoms with Crippen molar-refractivity contribution in [1.29, 1.82) is 0 Å². The number of rotatable bonds is 30. The standard InChI is InChI=1S/C33H37NO3.C27H32ClNO.C26H33NO.C25H25NOS/c1-5-37-32(36)28-14-10-24(11-15-28)22-31(35)34(23-25-12-18-29(19-13-25)33(2,3)4)21-20-27-17-16-26-8-6-7-9-30(26)27;1-2-3-4-5-6-7-12-26(30)29-18-17-24-23-11-9-8-10-21(23)19-25(24)27(29)20-13-15-22(28)16-14-20;1-5-8-25(28)27(19-20-11-15-23(16-12-20)26(2,3)4)18-17-22-14-13-21-9-6-7-10-24(21)22;1-18-7-9-22(10-8-18)25(27)26(17-24-19(2)14-16-28-24)15-13-21-12-11-20-5-3-4-6-23(20)21/h6-15,17-19H,5,16,20-23H2,1-4H3;8-11,13-16,27H,2-7,12,17-19H2,1H3;6-7,9-12,14-16H,5,8,13,17-19H2,1-4H3;3-10,12,14,16H,11,13,15,17H2,1-2H3. The maximum Gasteiger partial charge on any atom is 0.338 e. The number of allylic oxidation sites excluding steroid dienone is 3. The van der Waals surface area contributed by atoms with Gasteiger partial charge in [0.25, 0.3) is 5.91 Å². The summed E-state index contributed by atoms with van der Waals surface area (Å²) in [5.74, 6) is 0.406. The Morgan fingerprint density at radius 1 is 0.472 bits per heavy atom. The Balaban J connectivity index is 0.000000151. The summed E-state index contributed by atoms with van der Waals surface area (Å²) in [7, 11) is 0. The highest BCUT2D eigenvalue weighted by atomic mass is 35.5. The zero-order valence-corrected chi connectivity index (χ0v) is 76.2. The van der Waals surface area contributed by atoms with Crippen molar-refractivity contribution in [2.75, 3.05) is 32.8 Å². The van der Waals surface area contributed by atoms with Crippen LogP contribution >= 0.6 is 22.9 Å². The summed E-state index contributed by atoms with van der Waals surface area (Å²) < 4.78 is 5.07. The van der Waals surface area contributed by atoms with Crippen LogP contribution in [0.25, 0.3) is 22.3 Å². The van der Waals surface area contributed by atoms with Gasteiger partial charge in [0.1, 0.15) is 0 Å². The van der Waals surface area contributed by atoms with Crippen LogP contribution in [-0.4, -0.2) is 82.0 Å². The van der Waals surface area contributed by atoms with Crippen molar-refractivity contribution in [3.63, 3.8) is 0 Å². The molecule has 0 saturated heterocycles. The summed E-state index contributed by atoms with van der Waals surface area (Å²) in [6.45, 7) is 28.8. The van der Waals surface area contributed by atoms with Crippen molar-refractivity contribution in [2.45, 2.75) is 228 Å². The summed E-state index contributed by atoms with van der Waals surface area (Å²) in [4.78, 5) is 74.2. The smallest absolute Gasteiger partial charge is 0.338 e. The maximum atomic E-state index is 13.5. The molecule has 4 amide bonds. The zero-order valence-electron chi connectivity index (χ0n) is 74.7. The van der Waals surface area contributed by atoms with Gasteiger partial charge < -0.3 is 24.3 Å². The minimum atomic E-state index is -0.342. The van der Waals surface area contributed by atoms with E-state index in [9.17, 15) is 24.0 Å². The number of hydrogen-bond acceptors (Lipinski definition) is 7. The molecular formula is C111H127ClN4O6S. The van der Waals surface area contributed by atoms with Crippen LogP contribution in [0.3, 0.4) is 0 Å². The fourth-order valence-corrected chi connectivity index (χ4v) is 18.4. The molecule has 12 heteroatoms. The Kier molecular flexibility index (Phi) is 32.8. The SMILES string of the molecule is CCCC(=O)N(CCC1=CCc2ccccc21)Cc1ccc(C(C)(C)C)cc1.CCCCCCCCC(=O)N1CCC2=C(Cc3ccccc32)C1c1ccc(Cl)cc1.CCOC(=O)c1ccc(CC(=O)N(CCC2=CCc3ccccc32)Cc2ccc(C(C)(C)C)cc2)cc1.Cc1ccc(C(=O)N(CCC2=CCc3ccccc32)Cc2sccc2C)cc1. The van der Waals surface area contributed by atoms with Crippen LogP contribution in [0, 0.1) is 13.8 Å². The average molecular weight is 1680 g/mol. The van der Waals surface area contributed by atoms with Gasteiger partial charge in [-0.2, -0.15) is 0 Å². The summed E-state index contributed by atoms with van der Waals surface area (Å²) in [5, 5.41) is 2.85. The van der Waals surface area contributed by atoms with E-state index in [0.29, 0.717) is 63.5 Å². The molecule has 1 unspecified atom stereocenters. The van der Waals surface area contributed by atoms with Crippen molar-refractivity contribution in [3.05, 3.63) is 364 Å². The van der Waals surface area contributed by atoms with Gasteiger partial charge in [0.05, 0.1) is 31.2 Å². The molecule has 0 radical (unpaired) electrons. The first kappa shape index (κ1) is 91.5. The molecule has 9 aromatic carbocycles. The van der Waals surface area contributed by atoms with Crippen molar-refractivity contribution in [1.82, 2.24) is 19.6 Å². The number of halogens is 1. The summed E-state index contributed by atoms with van der Waals surface area (Å²) in [6.07, 6.45) is 24.2.